The summed E-state index contributed by atoms with van der Waals surface area (Å²) in [6, 6.07) is 9.54. The average molecular weight is 406 g/mol. The molecule has 28 heavy (non-hydrogen) atoms. The van der Waals surface area contributed by atoms with Crippen molar-refractivity contribution in [3.05, 3.63) is 47.5 Å². The summed E-state index contributed by atoms with van der Waals surface area (Å²) in [6.07, 6.45) is 0. The lowest BCUT2D eigenvalue weighted by Gasteiger charge is -2.26. The lowest BCUT2D eigenvalue weighted by Crippen LogP contribution is -2.37. The van der Waals surface area contributed by atoms with Crippen molar-refractivity contribution in [2.24, 2.45) is 5.14 Å². The summed E-state index contributed by atoms with van der Waals surface area (Å²) >= 11 is 0. The number of primary sulfonamides is 1. The minimum Gasteiger partial charge on any atom is -0.496 e. The third kappa shape index (κ3) is 4.05. The number of nitrogens with one attached hydrogen (secondary N) is 1. The van der Waals surface area contributed by atoms with Gasteiger partial charge in [0.2, 0.25) is 16.8 Å². The summed E-state index contributed by atoms with van der Waals surface area (Å²) in [5, 5.41) is 7.99. The second-order valence-electron chi connectivity index (χ2n) is 7.04. The molecule has 0 radical (unpaired) electrons. The van der Waals surface area contributed by atoms with Gasteiger partial charge in [-0.3, -0.25) is 4.79 Å². The van der Waals surface area contributed by atoms with Gasteiger partial charge in [-0.2, -0.15) is 0 Å². The van der Waals surface area contributed by atoms with E-state index < -0.39 is 21.3 Å². The third-order valence-electron chi connectivity index (χ3n) is 4.59. The Morgan fingerprint density at radius 2 is 1.89 bits per heavy atom. The van der Waals surface area contributed by atoms with Crippen LogP contribution >= 0.6 is 0 Å². The summed E-state index contributed by atoms with van der Waals surface area (Å²) in [4.78, 5) is 12.5. The van der Waals surface area contributed by atoms with Crippen molar-refractivity contribution >= 4 is 15.9 Å². The molecule has 0 saturated carbocycles. The van der Waals surface area contributed by atoms with Gasteiger partial charge in [0, 0.05) is 12.0 Å². The van der Waals surface area contributed by atoms with Crippen LogP contribution < -0.4 is 24.7 Å². The first-order valence-corrected chi connectivity index (χ1v) is 10.1. The first-order chi connectivity index (χ1) is 13.1. The normalized spacial score (nSPS) is 13.3. The average Bonchev–Trinajstić information content (AvgIpc) is 3.12. The number of amides is 1. The van der Waals surface area contributed by atoms with Gasteiger partial charge in [-0.05, 0) is 35.9 Å². The molecule has 3 rings (SSSR count). The van der Waals surface area contributed by atoms with Gasteiger partial charge >= 0.3 is 0 Å². The predicted molar refractivity (Wildman–Crippen MR) is 102 cm³/mol. The predicted octanol–water partition coefficient (Wildman–Crippen LogP) is 1.78. The second kappa shape index (κ2) is 7.33. The number of carbonyl (C=O) groups is 1. The molecule has 0 spiro atoms. The lowest BCUT2D eigenvalue weighted by molar-refractivity contribution is 0.0942. The van der Waals surface area contributed by atoms with Gasteiger partial charge in [-0.15, -0.1) is 0 Å². The monoisotopic (exact) mass is 406 g/mol. The number of sulfonamides is 1. The molecule has 1 amide bonds. The molecule has 9 heteroatoms. The molecule has 2 aromatic carbocycles. The van der Waals surface area contributed by atoms with E-state index in [9.17, 15) is 13.2 Å². The lowest BCUT2D eigenvalue weighted by atomic mass is 9.84. The molecule has 1 heterocycles. The fourth-order valence-electron chi connectivity index (χ4n) is 2.86. The minimum absolute atomic E-state index is 0.0931. The molecule has 1 aliphatic rings. The number of fused-ring (bicyclic) bond motifs is 1. The summed E-state index contributed by atoms with van der Waals surface area (Å²) in [6.45, 7) is 4.44. The van der Waals surface area contributed by atoms with Crippen molar-refractivity contribution in [1.82, 2.24) is 5.32 Å². The highest BCUT2D eigenvalue weighted by atomic mass is 32.2. The maximum absolute atomic E-state index is 12.7. The van der Waals surface area contributed by atoms with Crippen LogP contribution in [0.3, 0.4) is 0 Å². The maximum atomic E-state index is 12.7. The van der Waals surface area contributed by atoms with E-state index in [1.807, 2.05) is 32.0 Å². The quantitative estimate of drug-likeness (QED) is 0.755. The molecule has 8 nitrogen and oxygen atoms in total. The molecular formula is C19H22N2O6S. The Hall–Kier alpha value is -2.78. The Kier molecular flexibility index (Phi) is 5.22. The van der Waals surface area contributed by atoms with E-state index in [4.69, 9.17) is 19.3 Å². The van der Waals surface area contributed by atoms with Crippen LogP contribution in [0.25, 0.3) is 0 Å². The summed E-state index contributed by atoms with van der Waals surface area (Å²) in [7, 11) is -2.54. The zero-order chi connectivity index (χ0) is 20.5. The molecule has 0 unspecified atom stereocenters. The summed E-state index contributed by atoms with van der Waals surface area (Å²) in [5.41, 5.74) is 0.638. The van der Waals surface area contributed by atoms with Crippen LogP contribution in [0.1, 0.15) is 29.8 Å². The Balaban J connectivity index is 1.79. The topological polar surface area (TPSA) is 117 Å². The van der Waals surface area contributed by atoms with Crippen molar-refractivity contribution in [1.29, 1.82) is 0 Å². The Bertz CT molecular complexity index is 1020. The van der Waals surface area contributed by atoms with Gasteiger partial charge in [0.15, 0.2) is 11.5 Å². The van der Waals surface area contributed by atoms with E-state index >= 15 is 0 Å². The van der Waals surface area contributed by atoms with Crippen molar-refractivity contribution < 1.29 is 27.4 Å². The van der Waals surface area contributed by atoms with Crippen molar-refractivity contribution in [3.63, 3.8) is 0 Å². The van der Waals surface area contributed by atoms with E-state index in [0.717, 1.165) is 5.56 Å². The summed E-state index contributed by atoms with van der Waals surface area (Å²) < 4.78 is 39.1. The molecule has 0 saturated heterocycles. The molecular weight excluding hydrogens is 384 g/mol. The van der Waals surface area contributed by atoms with Crippen LogP contribution in [0, 0.1) is 0 Å². The fraction of sp³-hybridized carbons (Fsp3) is 0.316. The molecule has 0 fully saturated rings. The molecule has 0 bridgehead atoms. The van der Waals surface area contributed by atoms with Crippen LogP contribution in [0.4, 0.5) is 0 Å². The number of ether oxygens (including phenoxy) is 3. The van der Waals surface area contributed by atoms with Crippen molar-refractivity contribution in [3.8, 4) is 17.2 Å². The number of rotatable bonds is 6. The van der Waals surface area contributed by atoms with Crippen LogP contribution in [0.2, 0.25) is 0 Å². The Morgan fingerprint density at radius 1 is 1.18 bits per heavy atom. The fourth-order valence-corrected chi connectivity index (χ4v) is 3.40. The number of carbonyl (C=O) groups excluding carboxylic acids is 1. The molecule has 150 valence electrons. The van der Waals surface area contributed by atoms with Gasteiger partial charge < -0.3 is 19.5 Å². The van der Waals surface area contributed by atoms with E-state index in [0.29, 0.717) is 18.0 Å². The van der Waals surface area contributed by atoms with Crippen molar-refractivity contribution in [2.75, 3.05) is 20.4 Å². The number of methoxy groups -OCH3 is 1. The highest BCUT2D eigenvalue weighted by molar-refractivity contribution is 7.89. The highest BCUT2D eigenvalue weighted by Crippen LogP contribution is 2.36. The van der Waals surface area contributed by atoms with Crippen molar-refractivity contribution in [2.45, 2.75) is 24.2 Å². The number of hydrogen-bond acceptors (Lipinski definition) is 6. The van der Waals surface area contributed by atoms with Gasteiger partial charge in [0.1, 0.15) is 5.75 Å². The molecule has 0 aromatic heterocycles. The number of hydrogen-bond donors (Lipinski definition) is 2. The maximum Gasteiger partial charge on any atom is 0.255 e. The first-order valence-electron chi connectivity index (χ1n) is 8.51. The highest BCUT2D eigenvalue weighted by Gasteiger charge is 2.26. The molecule has 0 atom stereocenters. The smallest absolute Gasteiger partial charge is 0.255 e. The third-order valence-corrected chi connectivity index (χ3v) is 5.50. The van der Waals surface area contributed by atoms with Gasteiger partial charge in [0.25, 0.3) is 5.91 Å². The van der Waals surface area contributed by atoms with Gasteiger partial charge in [-0.25, -0.2) is 13.6 Å². The largest absolute Gasteiger partial charge is 0.496 e. The van der Waals surface area contributed by atoms with E-state index in [-0.39, 0.29) is 23.0 Å². The zero-order valence-corrected chi connectivity index (χ0v) is 16.6. The zero-order valence-electron chi connectivity index (χ0n) is 15.8. The summed E-state index contributed by atoms with van der Waals surface area (Å²) in [5.74, 6) is 1.15. The van der Waals surface area contributed by atoms with Gasteiger partial charge in [-0.1, -0.05) is 19.9 Å². The van der Waals surface area contributed by atoms with Crippen LogP contribution in [0.15, 0.2) is 41.3 Å². The number of benzene rings is 2. The Labute approximate surface area is 163 Å². The molecule has 1 aliphatic heterocycles. The van der Waals surface area contributed by atoms with Crippen LogP contribution in [-0.2, 0) is 15.4 Å². The number of nitrogens with two attached hydrogens (primary N) is 1. The Morgan fingerprint density at radius 3 is 2.57 bits per heavy atom. The van der Waals surface area contributed by atoms with E-state index in [2.05, 4.69) is 5.32 Å². The first kappa shape index (κ1) is 20.0. The molecule has 0 aliphatic carbocycles. The molecule has 2 aromatic rings. The van der Waals surface area contributed by atoms with E-state index in [1.54, 1.807) is 0 Å². The SMILES string of the molecule is COc1ccc(S(N)(=O)=O)cc1C(=O)NCC(C)(C)c1ccc2c(c1)OCO2. The second-order valence-corrected chi connectivity index (χ2v) is 8.60. The van der Waals surface area contributed by atoms with Gasteiger partial charge in [0.05, 0.1) is 17.6 Å². The minimum atomic E-state index is -3.94. The van der Waals surface area contributed by atoms with E-state index in [1.165, 1.54) is 25.3 Å². The van der Waals surface area contributed by atoms with Crippen LogP contribution in [-0.4, -0.2) is 34.8 Å². The molecule has 3 N–H and O–H groups in total. The van der Waals surface area contributed by atoms with Crippen LogP contribution in [0.5, 0.6) is 17.2 Å². The standard InChI is InChI=1S/C19H22N2O6S/c1-19(2,12-4-6-16-17(8-12)27-11-26-16)10-21-18(22)14-9-13(28(20,23)24)5-7-15(14)25-3/h4-9H,10-11H2,1-3H3,(H,21,22)(H2,20,23,24).